The van der Waals surface area contributed by atoms with Crippen molar-refractivity contribution >= 4 is 0 Å². The van der Waals surface area contributed by atoms with Crippen molar-refractivity contribution in [1.29, 1.82) is 0 Å². The lowest BCUT2D eigenvalue weighted by Gasteiger charge is -2.09. The lowest BCUT2D eigenvalue weighted by atomic mass is 10.1. The minimum absolute atomic E-state index is 0.531. The Bertz CT molecular complexity index is 344. The van der Waals surface area contributed by atoms with Crippen molar-refractivity contribution in [2.24, 2.45) is 0 Å². The summed E-state index contributed by atoms with van der Waals surface area (Å²) in [5.41, 5.74) is 1.35. The number of rotatable bonds is 8. The molecule has 1 fully saturated rings. The molecule has 0 aromatic heterocycles. The van der Waals surface area contributed by atoms with E-state index in [0.717, 1.165) is 31.9 Å². The van der Waals surface area contributed by atoms with Gasteiger partial charge in [-0.15, -0.1) is 0 Å². The van der Waals surface area contributed by atoms with Gasteiger partial charge in [-0.05, 0) is 62.9 Å². The molecular weight excluding hydrogens is 238 g/mol. The lowest BCUT2D eigenvalue weighted by Crippen LogP contribution is -2.19. The van der Waals surface area contributed by atoms with Crippen LogP contribution in [0.1, 0.15) is 31.2 Å². The molecule has 1 aromatic carbocycles. The number of ether oxygens (including phenoxy) is 2. The normalized spacial score (nSPS) is 18.7. The Hall–Kier alpha value is -1.06. The fraction of sp³-hybridized carbons (Fsp3) is 0.625. The molecule has 1 saturated heterocycles. The molecule has 1 N–H and O–H groups in total. The van der Waals surface area contributed by atoms with E-state index in [0.29, 0.717) is 6.10 Å². The van der Waals surface area contributed by atoms with Gasteiger partial charge >= 0.3 is 0 Å². The average Bonchev–Trinajstić information content (AvgIpc) is 2.96. The number of nitrogens with one attached hydrogen (secondary N) is 1. The fourth-order valence-electron chi connectivity index (χ4n) is 2.48. The van der Waals surface area contributed by atoms with Crippen LogP contribution in [0.4, 0.5) is 0 Å². The Labute approximate surface area is 116 Å². The summed E-state index contributed by atoms with van der Waals surface area (Å²) in [7, 11) is 1.70. The molecule has 1 heterocycles. The molecule has 1 atom stereocenters. The molecule has 0 spiro atoms. The summed E-state index contributed by atoms with van der Waals surface area (Å²) in [5.74, 6) is 0.924. The van der Waals surface area contributed by atoms with Crippen LogP contribution in [0.2, 0.25) is 0 Å². The summed E-state index contributed by atoms with van der Waals surface area (Å²) in [4.78, 5) is 0. The maximum Gasteiger partial charge on any atom is 0.118 e. The van der Waals surface area contributed by atoms with Gasteiger partial charge < -0.3 is 14.8 Å². The maximum absolute atomic E-state index is 5.61. The highest BCUT2D eigenvalue weighted by molar-refractivity contribution is 5.27. The van der Waals surface area contributed by atoms with E-state index >= 15 is 0 Å². The third-order valence-electron chi connectivity index (χ3n) is 3.65. The highest BCUT2D eigenvalue weighted by Crippen LogP contribution is 2.16. The molecule has 106 valence electrons. The molecule has 0 saturated carbocycles. The minimum Gasteiger partial charge on any atom is -0.497 e. The van der Waals surface area contributed by atoms with Crippen molar-refractivity contribution in [2.75, 3.05) is 26.8 Å². The Kier molecular flexibility index (Phi) is 6.18. The maximum atomic E-state index is 5.61. The van der Waals surface area contributed by atoms with Crippen molar-refractivity contribution in [1.82, 2.24) is 5.32 Å². The number of hydrogen-bond donors (Lipinski definition) is 1. The molecule has 0 radical (unpaired) electrons. The van der Waals surface area contributed by atoms with Crippen molar-refractivity contribution in [3.63, 3.8) is 0 Å². The predicted molar refractivity (Wildman–Crippen MR) is 77.8 cm³/mol. The van der Waals surface area contributed by atoms with Gasteiger partial charge in [0.05, 0.1) is 13.2 Å². The fourth-order valence-corrected chi connectivity index (χ4v) is 2.48. The lowest BCUT2D eigenvalue weighted by molar-refractivity contribution is 0.102. The van der Waals surface area contributed by atoms with Crippen LogP contribution >= 0.6 is 0 Å². The highest BCUT2D eigenvalue weighted by atomic mass is 16.5. The molecule has 1 aromatic rings. The zero-order chi connectivity index (χ0) is 13.3. The largest absolute Gasteiger partial charge is 0.497 e. The van der Waals surface area contributed by atoms with Gasteiger partial charge in [0.1, 0.15) is 5.75 Å². The second-order valence-corrected chi connectivity index (χ2v) is 5.13. The van der Waals surface area contributed by atoms with Crippen LogP contribution in [0.5, 0.6) is 5.75 Å². The van der Waals surface area contributed by atoms with Crippen LogP contribution in [0, 0.1) is 0 Å². The van der Waals surface area contributed by atoms with Crippen LogP contribution < -0.4 is 10.1 Å². The van der Waals surface area contributed by atoms with Gasteiger partial charge in [-0.3, -0.25) is 0 Å². The molecule has 2 rings (SSSR count). The van der Waals surface area contributed by atoms with Crippen molar-refractivity contribution in [2.45, 2.75) is 38.2 Å². The Morgan fingerprint density at radius 1 is 1.26 bits per heavy atom. The molecule has 19 heavy (non-hydrogen) atoms. The van der Waals surface area contributed by atoms with Gasteiger partial charge in [-0.2, -0.15) is 0 Å². The third-order valence-corrected chi connectivity index (χ3v) is 3.65. The zero-order valence-corrected chi connectivity index (χ0v) is 11.9. The van der Waals surface area contributed by atoms with E-state index < -0.39 is 0 Å². The molecular formula is C16H25NO2. The molecule has 1 unspecified atom stereocenters. The summed E-state index contributed by atoms with van der Waals surface area (Å²) in [6.07, 6.45) is 6.53. The number of methoxy groups -OCH3 is 1. The molecule has 1 aliphatic rings. The van der Waals surface area contributed by atoms with Crippen LogP contribution in [-0.4, -0.2) is 32.9 Å². The Morgan fingerprint density at radius 3 is 2.79 bits per heavy atom. The van der Waals surface area contributed by atoms with E-state index in [1.54, 1.807) is 7.11 Å². The van der Waals surface area contributed by atoms with Crippen molar-refractivity contribution in [3.05, 3.63) is 29.8 Å². The first kappa shape index (κ1) is 14.4. The van der Waals surface area contributed by atoms with E-state index in [1.165, 1.54) is 31.2 Å². The monoisotopic (exact) mass is 263 g/mol. The zero-order valence-electron chi connectivity index (χ0n) is 11.9. The minimum atomic E-state index is 0.531. The molecule has 1 aliphatic heterocycles. The summed E-state index contributed by atoms with van der Waals surface area (Å²) >= 11 is 0. The molecule has 3 nitrogen and oxygen atoms in total. The Morgan fingerprint density at radius 2 is 2.11 bits per heavy atom. The first-order valence-corrected chi connectivity index (χ1v) is 7.34. The second-order valence-electron chi connectivity index (χ2n) is 5.13. The smallest absolute Gasteiger partial charge is 0.118 e. The van der Waals surface area contributed by atoms with Crippen molar-refractivity contribution in [3.8, 4) is 5.75 Å². The summed E-state index contributed by atoms with van der Waals surface area (Å²) in [6.45, 7) is 3.10. The summed E-state index contributed by atoms with van der Waals surface area (Å²) < 4.78 is 10.8. The second kappa shape index (κ2) is 8.18. The van der Waals surface area contributed by atoms with Crippen molar-refractivity contribution < 1.29 is 9.47 Å². The average molecular weight is 263 g/mol. The number of hydrogen-bond acceptors (Lipinski definition) is 3. The Balaban J connectivity index is 1.51. The molecule has 0 bridgehead atoms. The van der Waals surface area contributed by atoms with E-state index in [1.807, 2.05) is 12.1 Å². The number of benzene rings is 1. The van der Waals surface area contributed by atoms with Crippen LogP contribution in [0.3, 0.4) is 0 Å². The van der Waals surface area contributed by atoms with E-state index in [2.05, 4.69) is 17.4 Å². The van der Waals surface area contributed by atoms with Crippen LogP contribution in [-0.2, 0) is 11.2 Å². The molecule has 0 amide bonds. The predicted octanol–water partition coefficient (Wildman–Crippen LogP) is 2.79. The standard InChI is InChI=1S/C16H25NO2/c1-18-15-8-6-14(7-9-15)10-12-17-11-2-4-16-5-3-13-19-16/h6-9,16-17H,2-5,10-13H2,1H3. The van der Waals surface area contributed by atoms with Gasteiger partial charge in [0.2, 0.25) is 0 Å². The summed E-state index contributed by atoms with van der Waals surface area (Å²) in [5, 5.41) is 3.50. The van der Waals surface area contributed by atoms with Gasteiger partial charge in [0, 0.05) is 6.61 Å². The highest BCUT2D eigenvalue weighted by Gasteiger charge is 2.14. The van der Waals surface area contributed by atoms with Gasteiger partial charge in [0.25, 0.3) is 0 Å². The first-order valence-electron chi connectivity index (χ1n) is 7.34. The van der Waals surface area contributed by atoms with Gasteiger partial charge in [-0.25, -0.2) is 0 Å². The quantitative estimate of drug-likeness (QED) is 0.732. The van der Waals surface area contributed by atoms with Gasteiger partial charge in [0.15, 0.2) is 0 Å². The molecule has 3 heteroatoms. The molecule has 0 aliphatic carbocycles. The topological polar surface area (TPSA) is 30.5 Å². The van der Waals surface area contributed by atoms with Gasteiger partial charge in [-0.1, -0.05) is 12.1 Å². The van der Waals surface area contributed by atoms with Crippen LogP contribution in [0.25, 0.3) is 0 Å². The van der Waals surface area contributed by atoms with E-state index in [-0.39, 0.29) is 0 Å². The summed E-state index contributed by atoms with van der Waals surface area (Å²) in [6, 6.07) is 8.30. The SMILES string of the molecule is COc1ccc(CCNCCCC2CCCO2)cc1. The van der Waals surface area contributed by atoms with E-state index in [4.69, 9.17) is 9.47 Å². The third kappa shape index (κ3) is 5.21. The van der Waals surface area contributed by atoms with Crippen LogP contribution in [0.15, 0.2) is 24.3 Å². The first-order chi connectivity index (χ1) is 9.38. The van der Waals surface area contributed by atoms with E-state index in [9.17, 15) is 0 Å².